The van der Waals surface area contributed by atoms with Crippen LogP contribution in [0.4, 0.5) is 0 Å². The first-order chi connectivity index (χ1) is 5.24. The molecule has 0 saturated heterocycles. The highest BCUT2D eigenvalue weighted by molar-refractivity contribution is 6.31. The van der Waals surface area contributed by atoms with E-state index in [2.05, 4.69) is 12.0 Å². The molecule has 0 bridgehead atoms. The highest BCUT2D eigenvalue weighted by atomic mass is 35.5. The van der Waals surface area contributed by atoms with Gasteiger partial charge in [0.2, 0.25) is 0 Å². The van der Waals surface area contributed by atoms with Gasteiger partial charge in [-0.15, -0.1) is 0 Å². The maximum atomic E-state index is 8.94. The van der Waals surface area contributed by atoms with Gasteiger partial charge in [0.25, 0.3) is 0 Å². The summed E-state index contributed by atoms with van der Waals surface area (Å²) in [5.41, 5.74) is 5.60. The molecule has 0 aliphatic carbocycles. The zero-order valence-corrected chi connectivity index (χ0v) is 6.39. The van der Waals surface area contributed by atoms with Crippen LogP contribution in [0.1, 0.15) is 5.56 Å². The minimum atomic E-state index is 0.123. The zero-order chi connectivity index (χ0) is 8.27. The van der Waals surface area contributed by atoms with Crippen LogP contribution in [-0.4, -0.2) is 5.11 Å². The van der Waals surface area contributed by atoms with Gasteiger partial charge in [-0.05, 0) is 24.1 Å². The normalized spacial score (nSPS) is 8.45. The Morgan fingerprint density at radius 2 is 2.18 bits per heavy atom. The zero-order valence-electron chi connectivity index (χ0n) is 5.63. The summed E-state index contributed by atoms with van der Waals surface area (Å²) in [5, 5.41) is 9.35. The smallest absolute Gasteiger partial charge is 0.117 e. The van der Waals surface area contributed by atoms with E-state index in [1.54, 1.807) is 6.07 Å². The van der Waals surface area contributed by atoms with Crippen molar-refractivity contribution in [2.75, 3.05) is 0 Å². The molecule has 3 heteroatoms. The van der Waals surface area contributed by atoms with Crippen molar-refractivity contribution in [3.8, 4) is 17.7 Å². The van der Waals surface area contributed by atoms with E-state index >= 15 is 0 Å². The van der Waals surface area contributed by atoms with Crippen molar-refractivity contribution in [1.82, 2.24) is 0 Å². The topological polar surface area (TPSA) is 46.2 Å². The second kappa shape index (κ2) is 3.18. The largest absolute Gasteiger partial charge is 0.508 e. The number of phenols is 1. The second-order valence-electron chi connectivity index (χ2n) is 1.93. The van der Waals surface area contributed by atoms with Gasteiger partial charge in [-0.1, -0.05) is 11.6 Å². The minimum absolute atomic E-state index is 0.123. The van der Waals surface area contributed by atoms with Crippen molar-refractivity contribution in [3.05, 3.63) is 28.8 Å². The fraction of sp³-hybridized carbons (Fsp3) is 0. The average Bonchev–Trinajstić information content (AvgIpc) is 1.95. The molecule has 2 nitrogen and oxygen atoms in total. The lowest BCUT2D eigenvalue weighted by molar-refractivity contribution is 0.475. The number of nitrogens with two attached hydrogens (primary N) is 1. The van der Waals surface area contributed by atoms with Gasteiger partial charge in [-0.3, -0.25) is 0 Å². The van der Waals surface area contributed by atoms with Gasteiger partial charge < -0.3 is 10.8 Å². The molecule has 0 saturated carbocycles. The van der Waals surface area contributed by atoms with Crippen LogP contribution >= 0.6 is 11.6 Å². The lowest BCUT2D eigenvalue weighted by Crippen LogP contribution is -1.80. The second-order valence-corrected chi connectivity index (χ2v) is 2.34. The highest BCUT2D eigenvalue weighted by Crippen LogP contribution is 2.20. The van der Waals surface area contributed by atoms with Crippen LogP contribution in [0.3, 0.4) is 0 Å². The maximum Gasteiger partial charge on any atom is 0.117 e. The van der Waals surface area contributed by atoms with Gasteiger partial charge in [0.15, 0.2) is 0 Å². The van der Waals surface area contributed by atoms with E-state index in [1.165, 1.54) is 12.1 Å². The van der Waals surface area contributed by atoms with Crippen molar-refractivity contribution in [3.63, 3.8) is 0 Å². The lowest BCUT2D eigenvalue weighted by atomic mass is 10.2. The predicted molar refractivity (Wildman–Crippen MR) is 44.2 cm³/mol. The van der Waals surface area contributed by atoms with Gasteiger partial charge in [-0.25, -0.2) is 0 Å². The molecule has 0 atom stereocenters. The Balaban J connectivity index is 3.16. The van der Waals surface area contributed by atoms with Crippen molar-refractivity contribution in [2.24, 2.45) is 5.73 Å². The molecule has 3 N–H and O–H groups in total. The summed E-state index contributed by atoms with van der Waals surface area (Å²) < 4.78 is 0. The van der Waals surface area contributed by atoms with E-state index < -0.39 is 0 Å². The number of hydrogen-bond acceptors (Lipinski definition) is 2. The molecule has 0 fully saturated rings. The van der Waals surface area contributed by atoms with Gasteiger partial charge in [0, 0.05) is 11.6 Å². The first kappa shape index (κ1) is 7.77. The molecule has 0 aromatic heterocycles. The molecule has 1 aromatic rings. The molecule has 0 spiro atoms. The predicted octanol–water partition coefficient (Wildman–Crippen LogP) is 1.31. The molecule has 0 radical (unpaired) electrons. The van der Waals surface area contributed by atoms with E-state index in [1.807, 2.05) is 0 Å². The number of phenolic OH excluding ortho intramolecular Hbond substituents is 1. The van der Waals surface area contributed by atoms with Crippen LogP contribution in [0.15, 0.2) is 18.2 Å². The molecular weight excluding hydrogens is 162 g/mol. The van der Waals surface area contributed by atoms with Gasteiger partial charge >= 0.3 is 0 Å². The Hall–Kier alpha value is -1.33. The third kappa shape index (κ3) is 1.79. The molecule has 1 rings (SSSR count). The van der Waals surface area contributed by atoms with Crippen LogP contribution < -0.4 is 5.73 Å². The summed E-state index contributed by atoms with van der Waals surface area (Å²) in [7, 11) is 0. The highest BCUT2D eigenvalue weighted by Gasteiger charge is 1.96. The van der Waals surface area contributed by atoms with E-state index in [9.17, 15) is 0 Å². The van der Waals surface area contributed by atoms with E-state index in [0.29, 0.717) is 10.6 Å². The minimum Gasteiger partial charge on any atom is -0.508 e. The fourth-order valence-corrected chi connectivity index (χ4v) is 0.905. The summed E-state index contributed by atoms with van der Waals surface area (Å²) >= 11 is 5.69. The summed E-state index contributed by atoms with van der Waals surface area (Å²) in [6.07, 6.45) is 0. The maximum absolute atomic E-state index is 8.94. The number of halogens is 1. The van der Waals surface area contributed by atoms with E-state index in [0.717, 1.165) is 0 Å². The standard InChI is InChI=1S/C8H6ClNO/c9-8-5-7(11)2-1-6(8)3-4-10/h1-2,5,11H,10H2. The summed E-state index contributed by atoms with van der Waals surface area (Å²) in [6, 6.07) is 6.76. The Kier molecular flexibility index (Phi) is 2.25. The summed E-state index contributed by atoms with van der Waals surface area (Å²) in [5.74, 6) is 2.71. The van der Waals surface area contributed by atoms with Gasteiger partial charge in [0.05, 0.1) is 5.02 Å². The molecule has 56 valence electrons. The number of aromatic hydroxyl groups is 1. The Morgan fingerprint density at radius 1 is 1.45 bits per heavy atom. The molecular formula is C8H6ClNO. The fourth-order valence-electron chi connectivity index (χ4n) is 0.683. The van der Waals surface area contributed by atoms with Crippen molar-refractivity contribution in [1.29, 1.82) is 0 Å². The van der Waals surface area contributed by atoms with Gasteiger partial charge in [0.1, 0.15) is 5.75 Å². The average molecular weight is 168 g/mol. The van der Waals surface area contributed by atoms with Crippen LogP contribution in [-0.2, 0) is 0 Å². The van der Waals surface area contributed by atoms with Crippen molar-refractivity contribution in [2.45, 2.75) is 0 Å². The molecule has 0 aliphatic rings. The summed E-state index contributed by atoms with van der Waals surface area (Å²) in [4.78, 5) is 0. The molecule has 0 unspecified atom stereocenters. The number of rotatable bonds is 0. The van der Waals surface area contributed by atoms with Crippen molar-refractivity contribution >= 4 is 11.6 Å². The van der Waals surface area contributed by atoms with E-state index in [-0.39, 0.29) is 5.75 Å². The van der Waals surface area contributed by atoms with Crippen LogP contribution in [0, 0.1) is 12.0 Å². The monoisotopic (exact) mass is 167 g/mol. The van der Waals surface area contributed by atoms with E-state index in [4.69, 9.17) is 22.4 Å². The Labute approximate surface area is 69.6 Å². The SMILES string of the molecule is NC#Cc1ccc(O)cc1Cl. The lowest BCUT2D eigenvalue weighted by Gasteiger charge is -1.95. The number of benzene rings is 1. The molecule has 0 aliphatic heterocycles. The third-order valence-electron chi connectivity index (χ3n) is 1.16. The van der Waals surface area contributed by atoms with Crippen molar-refractivity contribution < 1.29 is 5.11 Å². The Bertz CT molecular complexity index is 325. The van der Waals surface area contributed by atoms with Crippen LogP contribution in [0.5, 0.6) is 5.75 Å². The first-order valence-corrected chi connectivity index (χ1v) is 3.32. The molecule has 1 aromatic carbocycles. The van der Waals surface area contributed by atoms with Gasteiger partial charge in [-0.2, -0.15) is 0 Å². The Morgan fingerprint density at radius 3 is 2.73 bits per heavy atom. The quantitative estimate of drug-likeness (QED) is 0.452. The molecule has 11 heavy (non-hydrogen) atoms. The molecule has 0 amide bonds. The first-order valence-electron chi connectivity index (χ1n) is 2.94. The number of hydrogen-bond donors (Lipinski definition) is 2. The molecule has 0 heterocycles. The van der Waals surface area contributed by atoms with Crippen LogP contribution in [0.25, 0.3) is 0 Å². The third-order valence-corrected chi connectivity index (χ3v) is 1.47. The van der Waals surface area contributed by atoms with Crippen LogP contribution in [0.2, 0.25) is 5.02 Å². The summed E-state index contributed by atoms with van der Waals surface area (Å²) in [6.45, 7) is 0.